The van der Waals surface area contributed by atoms with Gasteiger partial charge in [0, 0.05) is 34.4 Å². The van der Waals surface area contributed by atoms with Crippen molar-refractivity contribution in [1.82, 2.24) is 0 Å². The molecule has 3 aromatic rings. The Balaban J connectivity index is 1.58. The van der Waals surface area contributed by atoms with Crippen molar-refractivity contribution in [2.75, 3.05) is 6.61 Å². The zero-order chi connectivity index (χ0) is 21.4. The molecule has 0 radical (unpaired) electrons. The van der Waals surface area contributed by atoms with E-state index in [1.165, 1.54) is 42.5 Å². The van der Waals surface area contributed by atoms with Crippen LogP contribution in [0, 0.1) is 10.1 Å². The summed E-state index contributed by atoms with van der Waals surface area (Å²) in [7, 11) is 0. The third kappa shape index (κ3) is 3.10. The lowest BCUT2D eigenvalue weighted by molar-refractivity contribution is -0.384. The van der Waals surface area contributed by atoms with Gasteiger partial charge >= 0.3 is 0 Å². The highest BCUT2D eigenvalue weighted by Gasteiger charge is 2.33. The van der Waals surface area contributed by atoms with Crippen LogP contribution in [0.2, 0.25) is 0 Å². The zero-order valence-corrected chi connectivity index (χ0v) is 15.3. The molecule has 30 heavy (non-hydrogen) atoms. The number of ether oxygens (including phenoxy) is 1. The molecule has 0 fully saturated rings. The Kier molecular flexibility index (Phi) is 4.59. The quantitative estimate of drug-likeness (QED) is 0.308. The van der Waals surface area contributed by atoms with Gasteiger partial charge in [-0.25, -0.2) is 0 Å². The van der Waals surface area contributed by atoms with Crippen LogP contribution in [0.15, 0.2) is 60.7 Å². The molecule has 0 amide bonds. The topological polar surface area (TPSA) is 124 Å². The number of hydrogen-bond donors (Lipinski definition) is 1. The fraction of sp³-hybridized carbons (Fsp3) is 0.0455. The van der Waals surface area contributed by atoms with Crippen molar-refractivity contribution in [3.8, 4) is 11.5 Å². The number of nitro groups is 1. The van der Waals surface area contributed by atoms with E-state index in [1.807, 2.05) is 0 Å². The van der Waals surface area contributed by atoms with E-state index in [-0.39, 0.29) is 45.0 Å². The molecule has 0 spiro atoms. The first-order valence-corrected chi connectivity index (χ1v) is 8.83. The molecule has 0 saturated carbocycles. The number of hydrogen-bond acceptors (Lipinski definition) is 7. The van der Waals surface area contributed by atoms with Crippen LogP contribution < -0.4 is 4.74 Å². The maximum Gasteiger partial charge on any atom is 0.269 e. The van der Waals surface area contributed by atoms with Gasteiger partial charge in [-0.15, -0.1) is 0 Å². The van der Waals surface area contributed by atoms with Crippen LogP contribution in [0.5, 0.6) is 11.5 Å². The van der Waals surface area contributed by atoms with Gasteiger partial charge in [-0.1, -0.05) is 24.3 Å². The summed E-state index contributed by atoms with van der Waals surface area (Å²) in [6.07, 6.45) is 0. The number of fused-ring (bicyclic) bond motifs is 2. The van der Waals surface area contributed by atoms with Crippen LogP contribution in [0.1, 0.15) is 42.2 Å². The van der Waals surface area contributed by atoms with Gasteiger partial charge in [0.1, 0.15) is 0 Å². The summed E-state index contributed by atoms with van der Waals surface area (Å²) in [5.41, 5.74) is 0.381. The Morgan fingerprint density at radius 1 is 0.900 bits per heavy atom. The number of benzene rings is 3. The summed E-state index contributed by atoms with van der Waals surface area (Å²) in [6.45, 7) is -0.469. The van der Waals surface area contributed by atoms with Crippen LogP contribution in [0.4, 0.5) is 5.69 Å². The number of nitro benzene ring substituents is 1. The molecule has 1 aliphatic rings. The lowest BCUT2D eigenvalue weighted by Gasteiger charge is -2.19. The van der Waals surface area contributed by atoms with E-state index in [9.17, 15) is 29.6 Å². The molecule has 148 valence electrons. The Labute approximate surface area is 169 Å². The van der Waals surface area contributed by atoms with Crippen molar-refractivity contribution in [2.24, 2.45) is 0 Å². The molecule has 0 aliphatic heterocycles. The molecule has 0 aromatic heterocycles. The van der Waals surface area contributed by atoms with Gasteiger partial charge in [-0.05, 0) is 24.3 Å². The summed E-state index contributed by atoms with van der Waals surface area (Å²) in [6, 6.07) is 14.0. The monoisotopic (exact) mass is 403 g/mol. The van der Waals surface area contributed by atoms with Crippen molar-refractivity contribution in [1.29, 1.82) is 0 Å². The number of aromatic hydroxyl groups is 1. The lowest BCUT2D eigenvalue weighted by Crippen LogP contribution is -2.21. The van der Waals surface area contributed by atoms with Gasteiger partial charge in [0.15, 0.2) is 35.5 Å². The standard InChI is InChI=1S/C22H13NO7/c24-17(12-5-7-13(8-6-12)23(28)29)11-30-18-10-9-16-19(22(18)27)21(26)15-4-2-1-3-14(15)20(16)25/h1-10,27H,11H2. The molecule has 8 heteroatoms. The number of Topliss-reactive ketones (excluding diaryl/α,β-unsaturated/α-hetero) is 1. The van der Waals surface area contributed by atoms with Crippen molar-refractivity contribution in [3.05, 3.63) is 98.6 Å². The van der Waals surface area contributed by atoms with Crippen LogP contribution in [-0.4, -0.2) is 34.0 Å². The first-order valence-electron chi connectivity index (χ1n) is 8.83. The Bertz CT molecular complexity index is 1230. The van der Waals surface area contributed by atoms with E-state index in [2.05, 4.69) is 0 Å². The van der Waals surface area contributed by atoms with Crippen LogP contribution in [-0.2, 0) is 0 Å². The van der Waals surface area contributed by atoms with E-state index in [0.717, 1.165) is 0 Å². The van der Waals surface area contributed by atoms with Crippen molar-refractivity contribution in [2.45, 2.75) is 0 Å². The van der Waals surface area contributed by atoms with Gasteiger partial charge in [-0.2, -0.15) is 0 Å². The predicted molar refractivity (Wildman–Crippen MR) is 104 cm³/mol. The van der Waals surface area contributed by atoms with Gasteiger partial charge < -0.3 is 9.84 Å². The predicted octanol–water partition coefficient (Wildman–Crippen LogP) is 3.34. The summed E-state index contributed by atoms with van der Waals surface area (Å²) >= 11 is 0. The number of nitrogens with zero attached hydrogens (tertiary/aromatic N) is 1. The minimum atomic E-state index is -0.577. The van der Waals surface area contributed by atoms with Crippen molar-refractivity contribution < 1.29 is 29.2 Å². The maximum absolute atomic E-state index is 12.8. The van der Waals surface area contributed by atoms with Crippen molar-refractivity contribution >= 4 is 23.0 Å². The van der Waals surface area contributed by atoms with Crippen molar-refractivity contribution in [3.63, 3.8) is 0 Å². The number of carbonyl (C=O) groups is 3. The third-order valence-corrected chi connectivity index (χ3v) is 4.79. The van der Waals surface area contributed by atoms with Crippen LogP contribution in [0.3, 0.4) is 0 Å². The van der Waals surface area contributed by atoms with Gasteiger partial charge in [0.2, 0.25) is 0 Å². The molecule has 1 N–H and O–H groups in total. The number of rotatable bonds is 5. The van der Waals surface area contributed by atoms with Gasteiger partial charge in [-0.3, -0.25) is 24.5 Å². The second-order valence-corrected chi connectivity index (χ2v) is 6.55. The summed E-state index contributed by atoms with van der Waals surface area (Å²) in [5, 5.41) is 21.2. The molecule has 8 nitrogen and oxygen atoms in total. The molecule has 0 heterocycles. The second kappa shape index (κ2) is 7.25. The SMILES string of the molecule is O=C(COc1ccc2c(c1O)C(=O)c1ccccc1C2=O)c1ccc([N+](=O)[O-])cc1. The summed E-state index contributed by atoms with van der Waals surface area (Å²) in [5.74, 6) is -2.01. The molecule has 4 rings (SSSR count). The van der Waals surface area contributed by atoms with Crippen LogP contribution >= 0.6 is 0 Å². The maximum atomic E-state index is 12.8. The number of carbonyl (C=O) groups excluding carboxylic acids is 3. The number of non-ortho nitro benzene ring substituents is 1. The second-order valence-electron chi connectivity index (χ2n) is 6.55. The van der Waals surface area contributed by atoms with Crippen LogP contribution in [0.25, 0.3) is 0 Å². The molecule has 3 aromatic carbocycles. The average Bonchev–Trinajstić information content (AvgIpc) is 2.76. The van der Waals surface area contributed by atoms with E-state index in [1.54, 1.807) is 18.2 Å². The van der Waals surface area contributed by atoms with E-state index >= 15 is 0 Å². The first kappa shape index (κ1) is 19.0. The Morgan fingerprint density at radius 3 is 2.17 bits per heavy atom. The highest BCUT2D eigenvalue weighted by molar-refractivity contribution is 6.29. The summed E-state index contributed by atoms with van der Waals surface area (Å²) in [4.78, 5) is 47.8. The first-order chi connectivity index (χ1) is 14.4. The normalized spacial score (nSPS) is 12.1. The zero-order valence-electron chi connectivity index (χ0n) is 15.3. The smallest absolute Gasteiger partial charge is 0.269 e. The molecular formula is C22H13NO7. The number of phenols is 1. The number of phenolic OH excluding ortho intramolecular Hbond substituents is 1. The lowest BCUT2D eigenvalue weighted by atomic mass is 9.83. The molecular weight excluding hydrogens is 390 g/mol. The number of ketones is 3. The Morgan fingerprint density at radius 2 is 1.53 bits per heavy atom. The van der Waals surface area contributed by atoms with Gasteiger partial charge in [0.05, 0.1) is 10.5 Å². The molecule has 0 unspecified atom stereocenters. The minimum Gasteiger partial charge on any atom is -0.504 e. The molecule has 1 aliphatic carbocycles. The van der Waals surface area contributed by atoms with E-state index in [4.69, 9.17) is 4.74 Å². The molecule has 0 atom stereocenters. The van der Waals surface area contributed by atoms with E-state index in [0.29, 0.717) is 0 Å². The van der Waals surface area contributed by atoms with E-state index < -0.39 is 28.8 Å². The fourth-order valence-electron chi connectivity index (χ4n) is 3.26. The average molecular weight is 403 g/mol. The summed E-state index contributed by atoms with van der Waals surface area (Å²) < 4.78 is 5.37. The van der Waals surface area contributed by atoms with Gasteiger partial charge in [0.25, 0.3) is 5.69 Å². The largest absolute Gasteiger partial charge is 0.504 e. The highest BCUT2D eigenvalue weighted by Crippen LogP contribution is 2.38. The highest BCUT2D eigenvalue weighted by atomic mass is 16.6. The minimum absolute atomic E-state index is 0.0604. The molecule has 0 saturated heterocycles. The fourth-order valence-corrected chi connectivity index (χ4v) is 3.26. The molecule has 0 bridgehead atoms. The Hall–Kier alpha value is -4.33. The third-order valence-electron chi connectivity index (χ3n) is 4.79.